The maximum Gasteiger partial charge on any atom is 0.227 e. The molecule has 0 spiro atoms. The SMILES string of the molecule is O=C(Cc1nc(-c2ccccn2)n[nH]1)NCc1ccccc1. The second-order valence-electron chi connectivity index (χ2n) is 4.76. The molecule has 22 heavy (non-hydrogen) atoms. The van der Waals surface area contributed by atoms with Gasteiger partial charge in [0.2, 0.25) is 5.91 Å². The maximum atomic E-state index is 11.9. The highest BCUT2D eigenvalue weighted by Gasteiger charge is 2.10. The highest BCUT2D eigenvalue weighted by Crippen LogP contribution is 2.10. The van der Waals surface area contributed by atoms with Gasteiger partial charge in [0.15, 0.2) is 5.82 Å². The van der Waals surface area contributed by atoms with Crippen LogP contribution in [0.2, 0.25) is 0 Å². The number of H-pyrrole nitrogens is 1. The zero-order valence-electron chi connectivity index (χ0n) is 11.9. The van der Waals surface area contributed by atoms with Gasteiger partial charge in [-0.2, -0.15) is 5.10 Å². The summed E-state index contributed by atoms with van der Waals surface area (Å²) in [5, 5.41) is 9.70. The summed E-state index contributed by atoms with van der Waals surface area (Å²) in [6.45, 7) is 0.501. The van der Waals surface area contributed by atoms with Crippen LogP contribution >= 0.6 is 0 Å². The van der Waals surface area contributed by atoms with Crippen molar-refractivity contribution in [1.29, 1.82) is 0 Å². The van der Waals surface area contributed by atoms with E-state index in [1.165, 1.54) is 0 Å². The highest BCUT2D eigenvalue weighted by atomic mass is 16.1. The monoisotopic (exact) mass is 293 g/mol. The van der Waals surface area contributed by atoms with Gasteiger partial charge in [0.05, 0.1) is 6.42 Å². The fraction of sp³-hybridized carbons (Fsp3) is 0.125. The Morgan fingerprint density at radius 2 is 1.91 bits per heavy atom. The Kier molecular flexibility index (Phi) is 4.20. The van der Waals surface area contributed by atoms with Crippen molar-refractivity contribution in [3.63, 3.8) is 0 Å². The molecule has 2 N–H and O–H groups in total. The number of pyridine rings is 1. The predicted molar refractivity (Wildman–Crippen MR) is 81.6 cm³/mol. The topological polar surface area (TPSA) is 83.6 Å². The number of hydrogen-bond donors (Lipinski definition) is 2. The molecule has 0 saturated carbocycles. The number of benzene rings is 1. The Bertz CT molecular complexity index is 739. The summed E-state index contributed by atoms with van der Waals surface area (Å²) in [7, 11) is 0. The first kappa shape index (κ1) is 13.9. The van der Waals surface area contributed by atoms with Crippen molar-refractivity contribution in [2.45, 2.75) is 13.0 Å². The number of aromatic amines is 1. The van der Waals surface area contributed by atoms with Crippen LogP contribution in [-0.4, -0.2) is 26.1 Å². The van der Waals surface area contributed by atoms with E-state index in [-0.39, 0.29) is 12.3 Å². The van der Waals surface area contributed by atoms with Gasteiger partial charge in [-0.25, -0.2) is 4.98 Å². The van der Waals surface area contributed by atoms with Gasteiger partial charge >= 0.3 is 0 Å². The molecule has 0 atom stereocenters. The number of hydrogen-bond acceptors (Lipinski definition) is 4. The molecule has 0 aliphatic rings. The fourth-order valence-corrected chi connectivity index (χ4v) is 2.00. The van der Waals surface area contributed by atoms with Gasteiger partial charge < -0.3 is 5.32 Å². The lowest BCUT2D eigenvalue weighted by atomic mass is 10.2. The second kappa shape index (κ2) is 6.62. The van der Waals surface area contributed by atoms with Gasteiger partial charge in [0.25, 0.3) is 0 Å². The third-order valence-electron chi connectivity index (χ3n) is 3.09. The van der Waals surface area contributed by atoms with Crippen LogP contribution in [0, 0.1) is 0 Å². The van der Waals surface area contributed by atoms with Crippen LogP contribution < -0.4 is 5.32 Å². The largest absolute Gasteiger partial charge is 0.352 e. The molecule has 6 nitrogen and oxygen atoms in total. The van der Waals surface area contributed by atoms with Crippen LogP contribution in [0.3, 0.4) is 0 Å². The molecule has 3 rings (SSSR count). The van der Waals surface area contributed by atoms with Crippen molar-refractivity contribution < 1.29 is 4.79 Å². The molecule has 3 aromatic rings. The number of nitrogens with one attached hydrogen (secondary N) is 2. The Labute approximate surface area is 127 Å². The van der Waals surface area contributed by atoms with Crippen LogP contribution in [0.15, 0.2) is 54.7 Å². The van der Waals surface area contributed by atoms with E-state index < -0.39 is 0 Å². The second-order valence-corrected chi connectivity index (χ2v) is 4.76. The number of aromatic nitrogens is 4. The zero-order chi connectivity index (χ0) is 15.2. The molecule has 1 aromatic carbocycles. The summed E-state index contributed by atoms with van der Waals surface area (Å²) in [4.78, 5) is 20.4. The lowest BCUT2D eigenvalue weighted by Crippen LogP contribution is -2.24. The van der Waals surface area contributed by atoms with E-state index in [0.29, 0.717) is 23.9 Å². The Morgan fingerprint density at radius 3 is 2.68 bits per heavy atom. The lowest BCUT2D eigenvalue weighted by molar-refractivity contribution is -0.120. The summed E-state index contributed by atoms with van der Waals surface area (Å²) < 4.78 is 0. The Morgan fingerprint density at radius 1 is 1.09 bits per heavy atom. The zero-order valence-corrected chi connectivity index (χ0v) is 11.9. The smallest absolute Gasteiger partial charge is 0.227 e. The molecular weight excluding hydrogens is 278 g/mol. The molecular formula is C16H15N5O. The third kappa shape index (κ3) is 3.54. The summed E-state index contributed by atoms with van der Waals surface area (Å²) in [6, 6.07) is 15.3. The molecule has 0 bridgehead atoms. The Hall–Kier alpha value is -3.02. The first-order valence-electron chi connectivity index (χ1n) is 6.94. The minimum absolute atomic E-state index is 0.104. The Balaban J connectivity index is 1.57. The van der Waals surface area contributed by atoms with Gasteiger partial charge in [-0.3, -0.25) is 14.9 Å². The number of nitrogens with zero attached hydrogens (tertiary/aromatic N) is 3. The maximum absolute atomic E-state index is 11.9. The normalized spacial score (nSPS) is 10.4. The average Bonchev–Trinajstić information content (AvgIpc) is 3.03. The van der Waals surface area contributed by atoms with E-state index in [1.807, 2.05) is 48.5 Å². The molecule has 0 aliphatic carbocycles. The van der Waals surface area contributed by atoms with Crippen LogP contribution in [0.1, 0.15) is 11.4 Å². The van der Waals surface area contributed by atoms with Gasteiger partial charge in [0.1, 0.15) is 11.5 Å². The molecule has 0 radical (unpaired) electrons. The predicted octanol–water partition coefficient (Wildman–Crippen LogP) is 1.73. The molecule has 6 heteroatoms. The van der Waals surface area contributed by atoms with Crippen molar-refractivity contribution in [3.05, 3.63) is 66.1 Å². The number of carbonyl (C=O) groups excluding carboxylic acids is 1. The van der Waals surface area contributed by atoms with Gasteiger partial charge in [-0.15, -0.1) is 0 Å². The first-order valence-corrected chi connectivity index (χ1v) is 6.94. The van der Waals surface area contributed by atoms with E-state index in [2.05, 4.69) is 25.5 Å². The van der Waals surface area contributed by atoms with Gasteiger partial charge in [0, 0.05) is 12.7 Å². The fourth-order valence-electron chi connectivity index (χ4n) is 2.00. The van der Waals surface area contributed by atoms with Crippen LogP contribution in [-0.2, 0) is 17.8 Å². The quantitative estimate of drug-likeness (QED) is 0.750. The summed E-state index contributed by atoms with van der Waals surface area (Å²) >= 11 is 0. The highest BCUT2D eigenvalue weighted by molar-refractivity contribution is 5.77. The van der Waals surface area contributed by atoms with Crippen molar-refractivity contribution in [2.24, 2.45) is 0 Å². The van der Waals surface area contributed by atoms with Crippen molar-refractivity contribution in [1.82, 2.24) is 25.5 Å². The van der Waals surface area contributed by atoms with Crippen molar-refractivity contribution >= 4 is 5.91 Å². The minimum Gasteiger partial charge on any atom is -0.352 e. The van der Waals surface area contributed by atoms with Crippen molar-refractivity contribution in [2.75, 3.05) is 0 Å². The number of rotatable bonds is 5. The molecule has 0 aliphatic heterocycles. The molecule has 0 saturated heterocycles. The number of carbonyl (C=O) groups is 1. The van der Waals surface area contributed by atoms with E-state index in [9.17, 15) is 4.79 Å². The molecule has 1 amide bonds. The van der Waals surface area contributed by atoms with E-state index >= 15 is 0 Å². The number of amides is 1. The van der Waals surface area contributed by atoms with E-state index in [0.717, 1.165) is 5.56 Å². The molecule has 2 heterocycles. The summed E-state index contributed by atoms with van der Waals surface area (Å²) in [6.07, 6.45) is 1.84. The molecule has 2 aromatic heterocycles. The average molecular weight is 293 g/mol. The van der Waals surface area contributed by atoms with Gasteiger partial charge in [-0.05, 0) is 17.7 Å². The minimum atomic E-state index is -0.104. The molecule has 0 fully saturated rings. The van der Waals surface area contributed by atoms with E-state index in [4.69, 9.17) is 0 Å². The molecule has 0 unspecified atom stereocenters. The first-order chi connectivity index (χ1) is 10.8. The van der Waals surface area contributed by atoms with Crippen LogP contribution in [0.4, 0.5) is 0 Å². The van der Waals surface area contributed by atoms with Crippen LogP contribution in [0.25, 0.3) is 11.5 Å². The summed E-state index contributed by atoms with van der Waals surface area (Å²) in [5.41, 5.74) is 1.73. The molecule has 110 valence electrons. The van der Waals surface area contributed by atoms with Gasteiger partial charge in [-0.1, -0.05) is 36.4 Å². The van der Waals surface area contributed by atoms with E-state index in [1.54, 1.807) is 6.20 Å². The van der Waals surface area contributed by atoms with Crippen LogP contribution in [0.5, 0.6) is 0 Å². The third-order valence-corrected chi connectivity index (χ3v) is 3.09. The van der Waals surface area contributed by atoms with Crippen molar-refractivity contribution in [3.8, 4) is 11.5 Å². The standard InChI is InChI=1S/C16H15N5O/c22-15(18-11-12-6-2-1-3-7-12)10-14-19-16(21-20-14)13-8-4-5-9-17-13/h1-9H,10-11H2,(H,18,22)(H,19,20,21). The lowest BCUT2D eigenvalue weighted by Gasteiger charge is -2.03. The summed E-state index contributed by atoms with van der Waals surface area (Å²) in [5.74, 6) is 0.908.